The van der Waals surface area contributed by atoms with Crippen LogP contribution in [0.3, 0.4) is 0 Å². The lowest BCUT2D eigenvalue weighted by Gasteiger charge is -2.15. The van der Waals surface area contributed by atoms with Crippen LogP contribution in [0.2, 0.25) is 0 Å². The Kier molecular flexibility index (Phi) is 5.19. The van der Waals surface area contributed by atoms with Crippen molar-refractivity contribution >= 4 is 43.8 Å². The van der Waals surface area contributed by atoms with Gasteiger partial charge in [0.05, 0.1) is 5.71 Å². The third kappa shape index (κ3) is 3.32. The zero-order valence-corrected chi connectivity index (χ0v) is 20.8. The van der Waals surface area contributed by atoms with Gasteiger partial charge >= 0.3 is 0 Å². The molecule has 6 nitrogen and oxygen atoms in total. The lowest BCUT2D eigenvalue weighted by atomic mass is 9.91. The second-order valence-corrected chi connectivity index (χ2v) is 9.37. The van der Waals surface area contributed by atoms with E-state index in [4.69, 9.17) is 5.73 Å². The largest absolute Gasteiger partial charge is 0.382 e. The second-order valence-electron chi connectivity index (χ2n) is 9.37. The normalized spacial score (nSPS) is 11.7. The third-order valence-electron chi connectivity index (χ3n) is 7.12. The van der Waals surface area contributed by atoms with Crippen LogP contribution in [-0.2, 0) is 0 Å². The molecule has 1 aromatic heterocycles. The fourth-order valence-corrected chi connectivity index (χ4v) is 5.26. The van der Waals surface area contributed by atoms with Crippen LogP contribution in [0.5, 0.6) is 0 Å². The minimum absolute atomic E-state index is 0.0388. The van der Waals surface area contributed by atoms with Crippen LogP contribution >= 0.6 is 0 Å². The van der Waals surface area contributed by atoms with E-state index in [1.54, 1.807) is 19.1 Å². The number of aryl methyl sites for hydroxylation is 1. The Morgan fingerprint density at radius 1 is 0.816 bits per heavy atom. The molecule has 0 bridgehead atoms. The molecule has 6 heteroatoms. The molecule has 1 heterocycles. The van der Waals surface area contributed by atoms with Gasteiger partial charge in [-0.2, -0.15) is 20.3 Å². The molecule has 0 unspecified atom stereocenters. The number of rotatable bonds is 3. The zero-order valence-electron chi connectivity index (χ0n) is 20.8. The molecule has 0 radical (unpaired) electrons. The van der Waals surface area contributed by atoms with Gasteiger partial charge in [-0.3, -0.25) is 4.79 Å². The maximum absolute atomic E-state index is 13.5. The van der Waals surface area contributed by atoms with Crippen molar-refractivity contribution in [3.05, 3.63) is 111 Å². The van der Waals surface area contributed by atoms with Crippen LogP contribution < -0.4 is 11.3 Å². The summed E-state index contributed by atoms with van der Waals surface area (Å²) in [5, 5.41) is 31.2. The molecule has 0 spiro atoms. The lowest BCUT2D eigenvalue weighted by Crippen LogP contribution is -2.26. The topological polar surface area (TPSA) is 108 Å². The number of anilines is 1. The quantitative estimate of drug-likeness (QED) is 0.231. The molecule has 6 rings (SSSR count). The molecule has 38 heavy (non-hydrogen) atoms. The van der Waals surface area contributed by atoms with Crippen LogP contribution in [0.1, 0.15) is 29.2 Å². The van der Waals surface area contributed by atoms with Gasteiger partial charge in [0, 0.05) is 11.1 Å². The van der Waals surface area contributed by atoms with Crippen molar-refractivity contribution in [2.24, 2.45) is 5.10 Å². The maximum atomic E-state index is 13.5. The van der Waals surface area contributed by atoms with Gasteiger partial charge in [-0.25, -0.2) is 0 Å². The molecule has 180 valence electrons. The van der Waals surface area contributed by atoms with Gasteiger partial charge in [-0.15, -0.1) is 0 Å². The van der Waals surface area contributed by atoms with Crippen molar-refractivity contribution in [1.82, 2.24) is 4.68 Å². The molecule has 0 aliphatic heterocycles. The van der Waals surface area contributed by atoms with E-state index in [-0.39, 0.29) is 22.5 Å². The summed E-state index contributed by atoms with van der Waals surface area (Å²) in [6, 6.07) is 29.9. The monoisotopic (exact) mass is 491 g/mol. The first-order chi connectivity index (χ1) is 18.4. The summed E-state index contributed by atoms with van der Waals surface area (Å²) in [5.74, 6) is -0.107. The number of nitrogens with two attached hydrogens (primary N) is 1. The highest BCUT2D eigenvalue weighted by Gasteiger charge is 2.22. The van der Waals surface area contributed by atoms with Crippen LogP contribution in [-0.4, -0.2) is 10.4 Å². The van der Waals surface area contributed by atoms with Gasteiger partial charge in [0.15, 0.2) is 0 Å². The van der Waals surface area contributed by atoms with E-state index in [0.717, 1.165) is 42.7 Å². The summed E-state index contributed by atoms with van der Waals surface area (Å²) >= 11 is 0. The van der Waals surface area contributed by atoms with Crippen molar-refractivity contribution in [1.29, 1.82) is 10.5 Å². The number of hydrogen-bond donors (Lipinski definition) is 1. The van der Waals surface area contributed by atoms with Crippen molar-refractivity contribution in [3.8, 4) is 23.3 Å². The smallest absolute Gasteiger partial charge is 0.291 e. The van der Waals surface area contributed by atoms with E-state index in [0.29, 0.717) is 11.3 Å². The summed E-state index contributed by atoms with van der Waals surface area (Å²) in [4.78, 5) is 13.5. The summed E-state index contributed by atoms with van der Waals surface area (Å²) in [5.41, 5.74) is 8.75. The Morgan fingerprint density at radius 3 is 2.08 bits per heavy atom. The van der Waals surface area contributed by atoms with Gasteiger partial charge in [-0.1, -0.05) is 84.4 Å². The van der Waals surface area contributed by atoms with Gasteiger partial charge in [0.2, 0.25) is 0 Å². The average Bonchev–Trinajstić information content (AvgIpc) is 2.94. The Balaban J connectivity index is 1.60. The van der Waals surface area contributed by atoms with Crippen LogP contribution in [0.4, 0.5) is 5.82 Å². The predicted octanol–water partition coefficient (Wildman–Crippen LogP) is 6.32. The number of aromatic nitrogens is 1. The van der Waals surface area contributed by atoms with Crippen LogP contribution in [0, 0.1) is 29.6 Å². The zero-order chi connectivity index (χ0) is 26.6. The molecule has 5 aromatic carbocycles. The summed E-state index contributed by atoms with van der Waals surface area (Å²) < 4.78 is 0.974. The highest BCUT2D eigenvalue weighted by atomic mass is 16.1. The minimum Gasteiger partial charge on any atom is -0.382 e. The van der Waals surface area contributed by atoms with E-state index >= 15 is 0 Å². The maximum Gasteiger partial charge on any atom is 0.291 e. The number of benzene rings is 5. The number of nitrogen functional groups attached to an aromatic ring is 1. The number of hydrogen-bond acceptors (Lipinski definition) is 5. The molecular weight excluding hydrogens is 470 g/mol. The van der Waals surface area contributed by atoms with Gasteiger partial charge in [-0.05, 0) is 51.7 Å². The van der Waals surface area contributed by atoms with Crippen molar-refractivity contribution in [2.45, 2.75) is 13.8 Å². The number of nitrogens with zero attached hydrogens (tertiary/aromatic N) is 4. The summed E-state index contributed by atoms with van der Waals surface area (Å²) in [7, 11) is 0. The Bertz CT molecular complexity index is 2070. The fraction of sp³-hybridized carbons (Fsp3) is 0.0625. The van der Waals surface area contributed by atoms with Crippen LogP contribution in [0.15, 0.2) is 88.8 Å². The summed E-state index contributed by atoms with van der Waals surface area (Å²) in [6.07, 6.45) is 0. The molecule has 6 aromatic rings. The van der Waals surface area contributed by atoms with Crippen LogP contribution in [0.25, 0.3) is 43.4 Å². The van der Waals surface area contributed by atoms with Crippen molar-refractivity contribution < 1.29 is 0 Å². The standard InChI is InChI=1S/C32H21N5O/c1-18-6-8-22(9-7-18)29-26(16-33)31(35)37(32(38)27(29)17-34)36-19(2)24-14-12-23-11-10-20-4-3-5-21-13-15-25(24)30(23)28(20)21/h3-15H,35H2,1-2H3/b36-19+. The van der Waals surface area contributed by atoms with Gasteiger partial charge < -0.3 is 5.73 Å². The first-order valence-electron chi connectivity index (χ1n) is 12.1. The molecular formula is C32H21N5O. The summed E-state index contributed by atoms with van der Waals surface area (Å²) in [6.45, 7) is 3.73. The SMILES string of the molecule is C/C(=N\n1c(N)c(C#N)c(-c2ccc(C)cc2)c(C#N)c1=O)c1ccc2ccc3cccc4ccc1c2c34. The van der Waals surface area contributed by atoms with E-state index in [2.05, 4.69) is 47.6 Å². The molecule has 0 fully saturated rings. The second kappa shape index (κ2) is 8.58. The highest BCUT2D eigenvalue weighted by Crippen LogP contribution is 2.36. The first-order valence-corrected chi connectivity index (χ1v) is 12.1. The van der Waals surface area contributed by atoms with Gasteiger partial charge in [0.1, 0.15) is 29.1 Å². The molecule has 0 aliphatic rings. The van der Waals surface area contributed by atoms with E-state index in [9.17, 15) is 15.3 Å². The van der Waals surface area contributed by atoms with E-state index in [1.807, 2.05) is 43.3 Å². The molecule has 0 saturated carbocycles. The third-order valence-corrected chi connectivity index (χ3v) is 7.12. The molecule has 0 atom stereocenters. The number of nitriles is 2. The minimum atomic E-state index is -0.670. The molecule has 0 saturated heterocycles. The van der Waals surface area contributed by atoms with Crippen molar-refractivity contribution in [3.63, 3.8) is 0 Å². The predicted molar refractivity (Wildman–Crippen MR) is 152 cm³/mol. The average molecular weight is 492 g/mol. The Labute approximate surface area is 218 Å². The highest BCUT2D eigenvalue weighted by molar-refractivity contribution is 6.26. The lowest BCUT2D eigenvalue weighted by molar-refractivity contribution is 0.835. The molecule has 0 amide bonds. The Morgan fingerprint density at radius 2 is 1.42 bits per heavy atom. The molecule has 0 aliphatic carbocycles. The fourth-order valence-electron chi connectivity index (χ4n) is 5.26. The van der Waals surface area contributed by atoms with E-state index in [1.165, 1.54) is 5.39 Å². The molecule has 2 N–H and O–H groups in total. The first kappa shape index (κ1) is 23.0. The Hall–Kier alpha value is -5.46. The number of pyridine rings is 1. The van der Waals surface area contributed by atoms with E-state index < -0.39 is 5.56 Å². The van der Waals surface area contributed by atoms with Crippen molar-refractivity contribution in [2.75, 3.05) is 5.73 Å². The van der Waals surface area contributed by atoms with Gasteiger partial charge in [0.25, 0.3) is 5.56 Å².